The minimum Gasteiger partial charge on any atom is -0.493 e. The Hall–Kier alpha value is -2.56. The zero-order chi connectivity index (χ0) is 20.8. The molecular formula is C21H24ClFN4O2. The molecule has 0 saturated carbocycles. The number of nitrogens with zero attached hydrogens (tertiary/aromatic N) is 3. The van der Waals surface area contributed by atoms with E-state index in [0.29, 0.717) is 6.61 Å². The van der Waals surface area contributed by atoms with Crippen LogP contribution in [0.4, 0.5) is 10.2 Å². The molecule has 8 heteroatoms. The first-order valence-electron chi connectivity index (χ1n) is 9.58. The molecule has 2 heterocycles. The second kappa shape index (κ2) is 9.77. The number of anilines is 1. The van der Waals surface area contributed by atoms with Crippen LogP contribution in [0.15, 0.2) is 24.3 Å². The van der Waals surface area contributed by atoms with E-state index in [4.69, 9.17) is 26.3 Å². The van der Waals surface area contributed by atoms with E-state index in [1.807, 2.05) is 31.2 Å². The molecule has 0 unspecified atom stereocenters. The molecule has 1 aliphatic heterocycles. The van der Waals surface area contributed by atoms with E-state index in [0.717, 1.165) is 55.6 Å². The lowest BCUT2D eigenvalue weighted by Gasteiger charge is -2.32. The number of aromatic nitrogens is 1. The largest absolute Gasteiger partial charge is 0.493 e. The number of hydrogen-bond acceptors (Lipinski definition) is 6. The predicted molar refractivity (Wildman–Crippen MR) is 110 cm³/mol. The van der Waals surface area contributed by atoms with Gasteiger partial charge in [0.15, 0.2) is 23.1 Å². The Kier molecular flexibility index (Phi) is 7.13. The summed E-state index contributed by atoms with van der Waals surface area (Å²) in [6.07, 6.45) is 1.71. The molecule has 29 heavy (non-hydrogen) atoms. The van der Waals surface area contributed by atoms with E-state index >= 15 is 0 Å². The van der Waals surface area contributed by atoms with Crippen molar-refractivity contribution in [2.24, 2.45) is 0 Å². The number of nitrogens with one attached hydrogen (secondary N) is 1. The highest BCUT2D eigenvalue weighted by Crippen LogP contribution is 2.29. The first kappa shape index (κ1) is 21.2. The summed E-state index contributed by atoms with van der Waals surface area (Å²) < 4.78 is 25.1. The maximum atomic E-state index is 14.1. The number of hydrogen-bond donors (Lipinski definition) is 1. The summed E-state index contributed by atoms with van der Waals surface area (Å²) in [4.78, 5) is 6.34. The summed E-state index contributed by atoms with van der Waals surface area (Å²) >= 11 is 5.92. The molecular weight excluding hydrogens is 395 g/mol. The van der Waals surface area contributed by atoms with Gasteiger partial charge in [-0.3, -0.25) is 4.90 Å². The molecule has 1 aromatic heterocycles. The molecule has 0 amide bonds. The standard InChI is InChI=1S/C21H24ClFN4O2/c1-3-29-19-10-14(4-5-18(19)28-2)13-27-8-6-16(7-9-27)25-21-17(23)11-15(12-24)20(22)26-21/h4-5,10-11,16H,3,6-9,13H2,1-2H3,(H,25,26). The molecule has 1 aromatic carbocycles. The number of rotatable bonds is 7. The van der Waals surface area contributed by atoms with Gasteiger partial charge in [-0.2, -0.15) is 5.26 Å². The zero-order valence-corrected chi connectivity index (χ0v) is 17.3. The molecule has 0 bridgehead atoms. The summed E-state index contributed by atoms with van der Waals surface area (Å²) in [6.45, 7) is 5.09. The van der Waals surface area contributed by atoms with Crippen molar-refractivity contribution in [3.8, 4) is 17.6 Å². The van der Waals surface area contributed by atoms with Gasteiger partial charge in [-0.25, -0.2) is 9.37 Å². The second-order valence-corrected chi connectivity index (χ2v) is 7.24. The number of halogens is 2. The number of ether oxygens (including phenoxy) is 2. The summed E-state index contributed by atoms with van der Waals surface area (Å²) in [5, 5.41) is 12.0. The zero-order valence-electron chi connectivity index (χ0n) is 16.5. The van der Waals surface area contributed by atoms with Gasteiger partial charge in [0, 0.05) is 25.7 Å². The fraction of sp³-hybridized carbons (Fsp3) is 0.429. The van der Waals surface area contributed by atoms with Crippen molar-refractivity contribution < 1.29 is 13.9 Å². The minimum absolute atomic E-state index is 0.0124. The number of benzene rings is 1. The van der Waals surface area contributed by atoms with Gasteiger partial charge in [0.05, 0.1) is 19.3 Å². The molecule has 0 spiro atoms. The second-order valence-electron chi connectivity index (χ2n) is 6.88. The maximum absolute atomic E-state index is 14.1. The average Bonchev–Trinajstić information content (AvgIpc) is 2.72. The number of pyridine rings is 1. The lowest BCUT2D eigenvalue weighted by atomic mass is 10.0. The van der Waals surface area contributed by atoms with Crippen LogP contribution in [0, 0.1) is 17.1 Å². The Labute approximate surface area is 175 Å². The van der Waals surface area contributed by atoms with Crippen LogP contribution >= 0.6 is 11.6 Å². The van der Waals surface area contributed by atoms with E-state index in [2.05, 4.69) is 15.2 Å². The Morgan fingerprint density at radius 3 is 2.72 bits per heavy atom. The fourth-order valence-corrected chi connectivity index (χ4v) is 3.60. The van der Waals surface area contributed by atoms with Crippen molar-refractivity contribution in [3.05, 3.63) is 46.4 Å². The molecule has 0 radical (unpaired) electrons. The highest BCUT2D eigenvalue weighted by atomic mass is 35.5. The van der Waals surface area contributed by atoms with E-state index in [9.17, 15) is 4.39 Å². The van der Waals surface area contributed by atoms with E-state index in [1.165, 1.54) is 0 Å². The molecule has 1 aliphatic rings. The smallest absolute Gasteiger partial charge is 0.166 e. The van der Waals surface area contributed by atoms with Crippen LogP contribution in [-0.4, -0.2) is 42.7 Å². The monoisotopic (exact) mass is 418 g/mol. The summed E-state index contributed by atoms with van der Waals surface area (Å²) in [5.41, 5.74) is 1.20. The Morgan fingerprint density at radius 1 is 1.31 bits per heavy atom. The van der Waals surface area contributed by atoms with Gasteiger partial charge in [0.1, 0.15) is 11.2 Å². The van der Waals surface area contributed by atoms with E-state index in [1.54, 1.807) is 7.11 Å². The van der Waals surface area contributed by atoms with Gasteiger partial charge < -0.3 is 14.8 Å². The summed E-state index contributed by atoms with van der Waals surface area (Å²) in [6, 6.07) is 9.04. The van der Waals surface area contributed by atoms with Gasteiger partial charge in [-0.15, -0.1) is 0 Å². The first-order valence-corrected chi connectivity index (χ1v) is 9.96. The number of nitriles is 1. The normalized spacial score (nSPS) is 15.0. The minimum atomic E-state index is -0.560. The van der Waals surface area contributed by atoms with Gasteiger partial charge in [-0.05, 0) is 43.5 Å². The van der Waals surface area contributed by atoms with Crippen molar-refractivity contribution in [1.82, 2.24) is 9.88 Å². The lowest BCUT2D eigenvalue weighted by Crippen LogP contribution is -2.39. The van der Waals surface area contributed by atoms with Crippen LogP contribution in [-0.2, 0) is 6.54 Å². The predicted octanol–water partition coefficient (Wildman–Crippen LogP) is 4.23. The molecule has 1 N–H and O–H groups in total. The maximum Gasteiger partial charge on any atom is 0.166 e. The van der Waals surface area contributed by atoms with E-state index < -0.39 is 5.82 Å². The lowest BCUT2D eigenvalue weighted by molar-refractivity contribution is 0.210. The third-order valence-corrected chi connectivity index (χ3v) is 5.20. The van der Waals surface area contributed by atoms with Crippen molar-refractivity contribution in [2.75, 3.05) is 32.1 Å². The number of piperidine rings is 1. The van der Waals surface area contributed by atoms with Crippen LogP contribution in [0.25, 0.3) is 0 Å². The Bertz CT molecular complexity index is 895. The molecule has 3 rings (SSSR count). The molecule has 1 fully saturated rings. The molecule has 1 saturated heterocycles. The van der Waals surface area contributed by atoms with Gasteiger partial charge >= 0.3 is 0 Å². The van der Waals surface area contributed by atoms with Crippen LogP contribution < -0.4 is 14.8 Å². The SMILES string of the molecule is CCOc1cc(CN2CCC(Nc3nc(Cl)c(C#N)cc3F)CC2)ccc1OC. The van der Waals surface area contributed by atoms with Gasteiger partial charge in [-0.1, -0.05) is 17.7 Å². The van der Waals surface area contributed by atoms with Crippen molar-refractivity contribution in [1.29, 1.82) is 5.26 Å². The highest BCUT2D eigenvalue weighted by Gasteiger charge is 2.21. The Balaban J connectivity index is 1.57. The summed E-state index contributed by atoms with van der Waals surface area (Å²) in [5.74, 6) is 1.02. The number of methoxy groups -OCH3 is 1. The Morgan fingerprint density at radius 2 is 2.07 bits per heavy atom. The van der Waals surface area contributed by atoms with Crippen molar-refractivity contribution >= 4 is 17.4 Å². The van der Waals surface area contributed by atoms with Crippen LogP contribution in [0.5, 0.6) is 11.5 Å². The molecule has 154 valence electrons. The van der Waals surface area contributed by atoms with Gasteiger partial charge in [0.25, 0.3) is 0 Å². The average molecular weight is 419 g/mol. The van der Waals surface area contributed by atoms with Crippen LogP contribution in [0.1, 0.15) is 30.9 Å². The molecule has 6 nitrogen and oxygen atoms in total. The topological polar surface area (TPSA) is 70.4 Å². The third kappa shape index (κ3) is 5.28. The highest BCUT2D eigenvalue weighted by molar-refractivity contribution is 6.30. The van der Waals surface area contributed by atoms with E-state index in [-0.39, 0.29) is 22.6 Å². The molecule has 0 atom stereocenters. The fourth-order valence-electron chi connectivity index (χ4n) is 3.42. The third-order valence-electron chi connectivity index (χ3n) is 4.91. The number of likely N-dealkylation sites (tertiary alicyclic amines) is 1. The molecule has 2 aromatic rings. The van der Waals surface area contributed by atoms with Crippen LogP contribution in [0.3, 0.4) is 0 Å². The van der Waals surface area contributed by atoms with Crippen LogP contribution in [0.2, 0.25) is 5.15 Å². The van der Waals surface area contributed by atoms with Crippen molar-refractivity contribution in [3.63, 3.8) is 0 Å². The molecule has 0 aliphatic carbocycles. The van der Waals surface area contributed by atoms with Crippen molar-refractivity contribution in [2.45, 2.75) is 32.4 Å². The van der Waals surface area contributed by atoms with Gasteiger partial charge in [0.2, 0.25) is 0 Å². The first-order chi connectivity index (χ1) is 14.0. The summed E-state index contributed by atoms with van der Waals surface area (Å²) in [7, 11) is 1.63. The quantitative estimate of drug-likeness (QED) is 0.678.